The van der Waals surface area contributed by atoms with Crippen molar-refractivity contribution in [1.29, 1.82) is 0 Å². The van der Waals surface area contributed by atoms with E-state index in [0.29, 0.717) is 31.3 Å². The maximum Gasteiger partial charge on any atom is 0.263 e. The minimum atomic E-state index is -3.11. The molecule has 1 aromatic carbocycles. The van der Waals surface area contributed by atoms with Gasteiger partial charge >= 0.3 is 0 Å². The third-order valence-electron chi connectivity index (χ3n) is 4.09. The lowest BCUT2D eigenvalue weighted by Gasteiger charge is -2.31. The molecule has 24 heavy (non-hydrogen) atoms. The summed E-state index contributed by atoms with van der Waals surface area (Å²) in [7, 11) is -3.11. The molecular weight excluding hydrogens is 328 g/mol. The zero-order valence-corrected chi connectivity index (χ0v) is 14.5. The van der Waals surface area contributed by atoms with Crippen molar-refractivity contribution in [2.24, 2.45) is 0 Å². The van der Waals surface area contributed by atoms with Gasteiger partial charge in [-0.15, -0.1) is 0 Å². The van der Waals surface area contributed by atoms with Crippen LogP contribution in [-0.4, -0.2) is 47.7 Å². The summed E-state index contributed by atoms with van der Waals surface area (Å²) in [6, 6.07) is 9.74. The highest BCUT2D eigenvalue weighted by Gasteiger charge is 2.27. The molecule has 7 nitrogen and oxygen atoms in total. The molecule has 0 radical (unpaired) electrons. The molecule has 0 amide bonds. The van der Waals surface area contributed by atoms with Crippen molar-refractivity contribution in [2.75, 3.05) is 24.2 Å². The van der Waals surface area contributed by atoms with Crippen LogP contribution in [0.3, 0.4) is 0 Å². The molecule has 0 saturated carbocycles. The number of nitrogens with zero attached hydrogens (tertiary/aromatic N) is 3. The average molecular weight is 350 g/mol. The first-order valence-corrected chi connectivity index (χ1v) is 9.83. The molecule has 1 aliphatic heterocycles. The lowest BCUT2D eigenvalue weighted by Crippen LogP contribution is -2.43. The van der Waals surface area contributed by atoms with Crippen molar-refractivity contribution in [1.82, 2.24) is 14.4 Å². The van der Waals surface area contributed by atoms with Gasteiger partial charge in [-0.2, -0.15) is 4.98 Å². The fourth-order valence-corrected chi connectivity index (χ4v) is 4.37. The van der Waals surface area contributed by atoms with Gasteiger partial charge in [0, 0.05) is 24.7 Å². The average Bonchev–Trinajstić information content (AvgIpc) is 3.05. The van der Waals surface area contributed by atoms with Crippen LogP contribution < -0.4 is 5.32 Å². The van der Waals surface area contributed by atoms with E-state index in [1.807, 2.05) is 37.3 Å². The lowest BCUT2D eigenvalue weighted by atomic mass is 10.1. The number of hydrogen-bond donors (Lipinski definition) is 1. The number of sulfonamides is 1. The van der Waals surface area contributed by atoms with Gasteiger partial charge in [0.1, 0.15) is 0 Å². The summed E-state index contributed by atoms with van der Waals surface area (Å²) in [5, 5.41) is 7.19. The Balaban J connectivity index is 1.56. The number of anilines is 1. The number of benzene rings is 1. The fourth-order valence-electron chi connectivity index (χ4n) is 2.83. The van der Waals surface area contributed by atoms with Gasteiger partial charge in [-0.25, -0.2) is 12.7 Å². The lowest BCUT2D eigenvalue weighted by molar-refractivity contribution is 0.328. The van der Waals surface area contributed by atoms with Crippen LogP contribution in [0.1, 0.15) is 26.2 Å². The third-order valence-corrected chi connectivity index (χ3v) is 6.17. The predicted molar refractivity (Wildman–Crippen MR) is 92.0 cm³/mol. The van der Waals surface area contributed by atoms with E-state index >= 15 is 0 Å². The quantitative estimate of drug-likeness (QED) is 0.860. The van der Waals surface area contributed by atoms with E-state index in [-0.39, 0.29) is 11.8 Å². The molecule has 1 fully saturated rings. The highest BCUT2D eigenvalue weighted by molar-refractivity contribution is 7.89. The minimum absolute atomic E-state index is 0.152. The highest BCUT2D eigenvalue weighted by Crippen LogP contribution is 2.21. The minimum Gasteiger partial charge on any atom is -0.349 e. The van der Waals surface area contributed by atoms with E-state index in [1.165, 1.54) is 0 Å². The van der Waals surface area contributed by atoms with E-state index in [9.17, 15) is 8.42 Å². The van der Waals surface area contributed by atoms with Gasteiger partial charge < -0.3 is 9.84 Å². The highest BCUT2D eigenvalue weighted by atomic mass is 32.2. The summed E-state index contributed by atoms with van der Waals surface area (Å²) >= 11 is 0. The number of rotatable bonds is 6. The van der Waals surface area contributed by atoms with Crippen molar-refractivity contribution in [3.63, 3.8) is 0 Å². The zero-order chi connectivity index (χ0) is 17.0. The second-order valence-corrected chi connectivity index (χ2v) is 8.01. The largest absolute Gasteiger partial charge is 0.349 e. The van der Waals surface area contributed by atoms with Crippen LogP contribution in [0, 0.1) is 0 Å². The Hall–Kier alpha value is -1.93. The first-order valence-electron chi connectivity index (χ1n) is 8.22. The SMILES string of the molecule is CCCS(=O)(=O)N1CCC(Nc2noc(-c3ccccc3)n2)CC1. The Labute approximate surface area is 142 Å². The molecule has 1 aliphatic rings. The van der Waals surface area contributed by atoms with Crippen molar-refractivity contribution >= 4 is 16.0 Å². The molecule has 2 heterocycles. The van der Waals surface area contributed by atoms with E-state index in [2.05, 4.69) is 15.5 Å². The van der Waals surface area contributed by atoms with Crippen LogP contribution in [0.15, 0.2) is 34.9 Å². The Morgan fingerprint density at radius 1 is 1.25 bits per heavy atom. The predicted octanol–water partition coefficient (Wildman–Crippen LogP) is 2.35. The first-order chi connectivity index (χ1) is 11.6. The van der Waals surface area contributed by atoms with Crippen molar-refractivity contribution < 1.29 is 12.9 Å². The molecule has 0 spiro atoms. The molecule has 2 aromatic rings. The molecule has 130 valence electrons. The Morgan fingerprint density at radius 2 is 1.96 bits per heavy atom. The van der Waals surface area contributed by atoms with Gasteiger partial charge in [-0.1, -0.05) is 25.1 Å². The van der Waals surface area contributed by atoms with Gasteiger partial charge in [-0.05, 0) is 36.6 Å². The molecule has 1 N–H and O–H groups in total. The zero-order valence-electron chi connectivity index (χ0n) is 13.7. The van der Waals surface area contributed by atoms with Crippen LogP contribution in [0.5, 0.6) is 0 Å². The Bertz CT molecular complexity index is 753. The number of aromatic nitrogens is 2. The fraction of sp³-hybridized carbons (Fsp3) is 0.500. The molecular formula is C16H22N4O3S. The van der Waals surface area contributed by atoms with E-state index < -0.39 is 10.0 Å². The van der Waals surface area contributed by atoms with Gasteiger partial charge in [0.25, 0.3) is 11.8 Å². The van der Waals surface area contributed by atoms with Crippen LogP contribution in [0.2, 0.25) is 0 Å². The number of piperidine rings is 1. The van der Waals surface area contributed by atoms with Gasteiger partial charge in [0.15, 0.2) is 0 Å². The second kappa shape index (κ2) is 7.31. The van der Waals surface area contributed by atoms with Gasteiger partial charge in [0.05, 0.1) is 5.75 Å². The normalized spacial score (nSPS) is 17.0. The molecule has 1 aromatic heterocycles. The van der Waals surface area contributed by atoms with E-state index in [1.54, 1.807) is 4.31 Å². The summed E-state index contributed by atoms with van der Waals surface area (Å²) in [6.07, 6.45) is 2.11. The molecule has 0 unspecified atom stereocenters. The van der Waals surface area contributed by atoms with Crippen molar-refractivity contribution in [3.8, 4) is 11.5 Å². The molecule has 0 atom stereocenters. The summed E-state index contributed by atoms with van der Waals surface area (Å²) in [4.78, 5) is 4.35. The molecule has 0 bridgehead atoms. The smallest absolute Gasteiger partial charge is 0.263 e. The topological polar surface area (TPSA) is 88.3 Å². The van der Waals surface area contributed by atoms with Gasteiger partial charge in [-0.3, -0.25) is 0 Å². The maximum absolute atomic E-state index is 12.1. The molecule has 3 rings (SSSR count). The van der Waals surface area contributed by atoms with Crippen LogP contribution in [0.25, 0.3) is 11.5 Å². The molecule has 8 heteroatoms. The number of nitrogens with one attached hydrogen (secondary N) is 1. The standard InChI is InChI=1S/C16H22N4O3S/c1-2-12-24(21,22)20-10-8-14(9-11-20)17-16-18-15(23-19-16)13-6-4-3-5-7-13/h3-7,14H,2,8-12H2,1H3,(H,17,19). The summed E-state index contributed by atoms with van der Waals surface area (Å²) in [5.41, 5.74) is 0.874. The van der Waals surface area contributed by atoms with E-state index in [4.69, 9.17) is 4.52 Å². The van der Waals surface area contributed by atoms with Crippen LogP contribution in [0.4, 0.5) is 5.95 Å². The Kier molecular flexibility index (Phi) is 5.15. The number of hydrogen-bond acceptors (Lipinski definition) is 6. The van der Waals surface area contributed by atoms with Gasteiger partial charge in [0.2, 0.25) is 10.0 Å². The Morgan fingerprint density at radius 3 is 2.62 bits per heavy atom. The summed E-state index contributed by atoms with van der Waals surface area (Å²) in [5.74, 6) is 1.14. The summed E-state index contributed by atoms with van der Waals surface area (Å²) in [6.45, 7) is 2.94. The van der Waals surface area contributed by atoms with E-state index in [0.717, 1.165) is 18.4 Å². The first kappa shape index (κ1) is 16.9. The maximum atomic E-state index is 12.1. The summed E-state index contributed by atoms with van der Waals surface area (Å²) < 4.78 is 31.0. The second-order valence-electron chi connectivity index (χ2n) is 5.92. The van der Waals surface area contributed by atoms with Crippen LogP contribution >= 0.6 is 0 Å². The third kappa shape index (κ3) is 3.93. The van der Waals surface area contributed by atoms with Crippen LogP contribution in [-0.2, 0) is 10.0 Å². The molecule has 1 saturated heterocycles. The van der Waals surface area contributed by atoms with Crippen molar-refractivity contribution in [2.45, 2.75) is 32.2 Å². The monoisotopic (exact) mass is 350 g/mol. The molecule has 0 aliphatic carbocycles. The van der Waals surface area contributed by atoms with Crippen molar-refractivity contribution in [3.05, 3.63) is 30.3 Å².